The molecule has 0 aromatic heterocycles. The van der Waals surface area contributed by atoms with Crippen LogP contribution in [-0.4, -0.2) is 18.4 Å². The van der Waals surface area contributed by atoms with Crippen LogP contribution < -0.4 is 16.0 Å². The van der Waals surface area contributed by atoms with E-state index in [4.69, 9.17) is 11.6 Å². The number of rotatable bonds is 5. The Labute approximate surface area is 152 Å². The van der Waals surface area contributed by atoms with Crippen molar-refractivity contribution in [3.8, 4) is 0 Å². The van der Waals surface area contributed by atoms with Crippen LogP contribution in [-0.2, 0) is 9.59 Å². The molecular formula is C19H22ClN3O2. The van der Waals surface area contributed by atoms with Crippen LogP contribution in [0.25, 0.3) is 0 Å². The van der Waals surface area contributed by atoms with Gasteiger partial charge in [0.25, 0.3) is 0 Å². The number of carbonyl (C=O) groups is 2. The summed E-state index contributed by atoms with van der Waals surface area (Å²) in [5, 5.41) is 9.22. The molecule has 6 heteroatoms. The van der Waals surface area contributed by atoms with Gasteiger partial charge in [-0.05, 0) is 36.4 Å². The van der Waals surface area contributed by atoms with Gasteiger partial charge in [-0.1, -0.05) is 44.5 Å². The zero-order valence-corrected chi connectivity index (χ0v) is 15.3. The number of benzene rings is 2. The molecule has 25 heavy (non-hydrogen) atoms. The lowest BCUT2D eigenvalue weighted by Crippen LogP contribution is -2.27. The van der Waals surface area contributed by atoms with Crippen LogP contribution in [0.4, 0.5) is 17.1 Å². The third-order valence-corrected chi connectivity index (χ3v) is 3.60. The molecule has 0 aliphatic carbocycles. The van der Waals surface area contributed by atoms with Gasteiger partial charge in [-0.3, -0.25) is 9.59 Å². The molecule has 2 amide bonds. The van der Waals surface area contributed by atoms with E-state index in [0.29, 0.717) is 16.4 Å². The lowest BCUT2D eigenvalue weighted by molar-refractivity contribution is -0.123. The highest BCUT2D eigenvalue weighted by molar-refractivity contribution is 6.30. The largest absolute Gasteiger partial charge is 0.376 e. The molecular weight excluding hydrogens is 338 g/mol. The molecule has 0 saturated heterocycles. The summed E-state index contributed by atoms with van der Waals surface area (Å²) >= 11 is 5.89. The first-order chi connectivity index (χ1) is 11.7. The highest BCUT2D eigenvalue weighted by Gasteiger charge is 2.21. The molecule has 2 aromatic rings. The molecule has 2 rings (SSSR count). The van der Waals surface area contributed by atoms with Crippen LogP contribution in [0.15, 0.2) is 48.5 Å². The zero-order chi connectivity index (χ0) is 18.4. The summed E-state index contributed by atoms with van der Waals surface area (Å²) < 4.78 is 0. The molecule has 0 aliphatic heterocycles. The van der Waals surface area contributed by atoms with Crippen molar-refractivity contribution in [2.45, 2.75) is 20.8 Å². The number of halogens is 1. The number of hydrogen-bond donors (Lipinski definition) is 3. The molecule has 3 N–H and O–H groups in total. The molecule has 2 aromatic carbocycles. The normalized spacial score (nSPS) is 10.9. The molecule has 0 fully saturated rings. The summed E-state index contributed by atoms with van der Waals surface area (Å²) in [5.41, 5.74) is 1.60. The number of carbonyl (C=O) groups excluding carboxylic acids is 2. The van der Waals surface area contributed by atoms with Crippen molar-refractivity contribution in [1.82, 2.24) is 0 Å². The number of nitrogens with one attached hydrogen (secondary N) is 3. The second-order valence-corrected chi connectivity index (χ2v) is 7.13. The molecule has 0 spiro atoms. The minimum atomic E-state index is -0.472. The fourth-order valence-electron chi connectivity index (χ4n) is 1.98. The molecule has 0 bridgehead atoms. The van der Waals surface area contributed by atoms with Gasteiger partial charge in [0, 0.05) is 27.5 Å². The van der Waals surface area contributed by atoms with E-state index in [1.165, 1.54) is 0 Å². The Hall–Kier alpha value is -2.53. The Morgan fingerprint density at radius 1 is 0.920 bits per heavy atom. The molecule has 0 unspecified atom stereocenters. The van der Waals surface area contributed by atoms with Crippen molar-refractivity contribution in [1.29, 1.82) is 0 Å². The molecule has 0 saturated carbocycles. The molecule has 0 atom stereocenters. The summed E-state index contributed by atoms with van der Waals surface area (Å²) in [6.07, 6.45) is 0. The van der Waals surface area contributed by atoms with Crippen LogP contribution in [0.5, 0.6) is 0 Å². The highest BCUT2D eigenvalue weighted by atomic mass is 35.5. The molecule has 0 aliphatic rings. The average molecular weight is 360 g/mol. The van der Waals surface area contributed by atoms with E-state index in [1.54, 1.807) is 36.4 Å². The van der Waals surface area contributed by atoms with Crippen LogP contribution in [0.3, 0.4) is 0 Å². The van der Waals surface area contributed by atoms with Crippen molar-refractivity contribution < 1.29 is 9.59 Å². The third-order valence-electron chi connectivity index (χ3n) is 3.36. The van der Waals surface area contributed by atoms with Crippen molar-refractivity contribution in [2.75, 3.05) is 22.5 Å². The quantitative estimate of drug-likeness (QED) is 0.742. The second-order valence-electron chi connectivity index (χ2n) is 6.70. The first-order valence-electron chi connectivity index (χ1n) is 7.95. The Bertz CT molecular complexity index is 769. The fraction of sp³-hybridized carbons (Fsp3) is 0.263. The Morgan fingerprint density at radius 2 is 1.52 bits per heavy atom. The SMILES string of the molecule is CC(C)(C)C(=O)Nc1cccc(NCC(=O)Nc2cccc(Cl)c2)c1. The van der Waals surface area contributed by atoms with Gasteiger partial charge in [0.15, 0.2) is 0 Å². The maximum atomic E-state index is 12.0. The number of hydrogen-bond acceptors (Lipinski definition) is 3. The summed E-state index contributed by atoms with van der Waals surface area (Å²) in [6.45, 7) is 5.66. The van der Waals surface area contributed by atoms with Crippen molar-refractivity contribution in [3.63, 3.8) is 0 Å². The van der Waals surface area contributed by atoms with E-state index >= 15 is 0 Å². The summed E-state index contributed by atoms with van der Waals surface area (Å²) in [7, 11) is 0. The van der Waals surface area contributed by atoms with E-state index in [1.807, 2.05) is 32.9 Å². The number of amides is 2. The van der Waals surface area contributed by atoms with E-state index in [9.17, 15) is 9.59 Å². The third kappa shape index (κ3) is 6.12. The molecule has 132 valence electrons. The summed E-state index contributed by atoms with van der Waals surface area (Å²) in [6, 6.07) is 14.2. The highest BCUT2D eigenvalue weighted by Crippen LogP contribution is 2.20. The predicted octanol–water partition coefficient (Wildman–Crippen LogP) is 4.38. The first kappa shape index (κ1) is 18.8. The topological polar surface area (TPSA) is 70.2 Å². The van der Waals surface area contributed by atoms with E-state index in [2.05, 4.69) is 16.0 Å². The molecule has 0 heterocycles. The zero-order valence-electron chi connectivity index (χ0n) is 14.5. The molecule has 5 nitrogen and oxygen atoms in total. The Balaban J connectivity index is 1.91. The van der Waals surface area contributed by atoms with Crippen molar-refractivity contribution >= 4 is 40.5 Å². The van der Waals surface area contributed by atoms with Gasteiger partial charge >= 0.3 is 0 Å². The minimum Gasteiger partial charge on any atom is -0.376 e. The standard InChI is InChI=1S/C19H22ClN3O2/c1-19(2,3)18(25)23-16-9-5-7-14(11-16)21-12-17(24)22-15-8-4-6-13(20)10-15/h4-11,21H,12H2,1-3H3,(H,22,24)(H,23,25). The van der Waals surface area contributed by atoms with Gasteiger partial charge in [-0.15, -0.1) is 0 Å². The number of anilines is 3. The Kier molecular flexibility index (Phi) is 6.04. The smallest absolute Gasteiger partial charge is 0.243 e. The van der Waals surface area contributed by atoms with Gasteiger partial charge in [-0.2, -0.15) is 0 Å². The monoisotopic (exact) mass is 359 g/mol. The second kappa shape index (κ2) is 8.03. The van der Waals surface area contributed by atoms with Gasteiger partial charge in [0.1, 0.15) is 0 Å². The van der Waals surface area contributed by atoms with Crippen molar-refractivity contribution in [3.05, 3.63) is 53.6 Å². The van der Waals surface area contributed by atoms with Crippen LogP contribution >= 0.6 is 11.6 Å². The maximum absolute atomic E-state index is 12.0. The van der Waals surface area contributed by atoms with Gasteiger partial charge in [0.05, 0.1) is 6.54 Å². The van der Waals surface area contributed by atoms with E-state index < -0.39 is 5.41 Å². The van der Waals surface area contributed by atoms with Gasteiger partial charge < -0.3 is 16.0 Å². The predicted molar refractivity (Wildman–Crippen MR) is 103 cm³/mol. The van der Waals surface area contributed by atoms with E-state index in [-0.39, 0.29) is 18.4 Å². The average Bonchev–Trinajstić information content (AvgIpc) is 2.52. The lowest BCUT2D eigenvalue weighted by atomic mass is 9.95. The first-order valence-corrected chi connectivity index (χ1v) is 8.33. The fourth-order valence-corrected chi connectivity index (χ4v) is 2.17. The van der Waals surface area contributed by atoms with Crippen LogP contribution in [0.2, 0.25) is 5.02 Å². The minimum absolute atomic E-state index is 0.0663. The maximum Gasteiger partial charge on any atom is 0.243 e. The van der Waals surface area contributed by atoms with Crippen molar-refractivity contribution in [2.24, 2.45) is 5.41 Å². The van der Waals surface area contributed by atoms with Crippen LogP contribution in [0, 0.1) is 5.41 Å². The van der Waals surface area contributed by atoms with Crippen LogP contribution in [0.1, 0.15) is 20.8 Å². The van der Waals surface area contributed by atoms with Gasteiger partial charge in [0.2, 0.25) is 11.8 Å². The lowest BCUT2D eigenvalue weighted by Gasteiger charge is -2.18. The molecule has 0 radical (unpaired) electrons. The summed E-state index contributed by atoms with van der Waals surface area (Å²) in [4.78, 5) is 24.0. The van der Waals surface area contributed by atoms with Gasteiger partial charge in [-0.25, -0.2) is 0 Å². The Morgan fingerprint density at radius 3 is 2.16 bits per heavy atom. The van der Waals surface area contributed by atoms with E-state index in [0.717, 1.165) is 5.69 Å². The summed E-state index contributed by atoms with van der Waals surface area (Å²) in [5.74, 6) is -0.255.